The summed E-state index contributed by atoms with van der Waals surface area (Å²) in [5.41, 5.74) is 3.40. The Morgan fingerprint density at radius 3 is 2.48 bits per heavy atom. The van der Waals surface area contributed by atoms with Crippen molar-refractivity contribution in [3.8, 4) is 0 Å². The van der Waals surface area contributed by atoms with Crippen LogP contribution in [0.15, 0.2) is 61.1 Å². The first-order valence-corrected chi connectivity index (χ1v) is 7.44. The molecule has 3 aromatic rings. The minimum Gasteiger partial charge on any atom is -0.333 e. The third-order valence-electron chi connectivity index (χ3n) is 3.24. The molecule has 0 saturated heterocycles. The topological polar surface area (TPSA) is 17.8 Å². The minimum atomic E-state index is 0.756. The quantitative estimate of drug-likeness (QED) is 0.674. The van der Waals surface area contributed by atoms with Gasteiger partial charge in [-0.25, -0.2) is 4.98 Å². The molecule has 21 heavy (non-hydrogen) atoms. The summed E-state index contributed by atoms with van der Waals surface area (Å²) in [5.74, 6) is 0. The van der Waals surface area contributed by atoms with E-state index in [0.717, 1.165) is 28.7 Å². The van der Waals surface area contributed by atoms with Crippen LogP contribution in [0.1, 0.15) is 16.8 Å². The molecule has 0 radical (unpaired) electrons. The highest BCUT2D eigenvalue weighted by molar-refractivity contribution is 6.30. The second-order valence-corrected chi connectivity index (χ2v) is 5.84. The first-order valence-electron chi connectivity index (χ1n) is 6.68. The van der Waals surface area contributed by atoms with E-state index in [1.807, 2.05) is 48.8 Å². The Morgan fingerprint density at radius 1 is 0.905 bits per heavy atom. The van der Waals surface area contributed by atoms with Gasteiger partial charge in [-0.3, -0.25) is 0 Å². The zero-order valence-electron chi connectivity index (χ0n) is 11.3. The highest BCUT2D eigenvalue weighted by atomic mass is 35.5. The van der Waals surface area contributed by atoms with Crippen molar-refractivity contribution in [3.63, 3.8) is 0 Å². The van der Waals surface area contributed by atoms with Crippen molar-refractivity contribution in [2.75, 3.05) is 0 Å². The molecular weight excluding hydrogens is 303 g/mol. The van der Waals surface area contributed by atoms with Crippen LogP contribution in [0.3, 0.4) is 0 Å². The van der Waals surface area contributed by atoms with Gasteiger partial charge in [-0.1, -0.05) is 47.5 Å². The summed E-state index contributed by atoms with van der Waals surface area (Å²) >= 11 is 11.9. The SMILES string of the molecule is Clc1ccc(Cn2cnc(Cc3cccc(Cl)c3)c2)cc1. The Morgan fingerprint density at radius 2 is 1.71 bits per heavy atom. The van der Waals surface area contributed by atoms with Crippen molar-refractivity contribution < 1.29 is 0 Å². The molecule has 0 aliphatic heterocycles. The number of nitrogens with zero attached hydrogens (tertiary/aromatic N) is 2. The van der Waals surface area contributed by atoms with E-state index in [4.69, 9.17) is 23.2 Å². The van der Waals surface area contributed by atoms with E-state index in [0.29, 0.717) is 0 Å². The molecule has 0 bridgehead atoms. The van der Waals surface area contributed by atoms with Gasteiger partial charge in [0, 0.05) is 29.2 Å². The van der Waals surface area contributed by atoms with E-state index in [-0.39, 0.29) is 0 Å². The Labute approximate surface area is 134 Å². The Balaban J connectivity index is 1.70. The molecule has 0 aliphatic carbocycles. The van der Waals surface area contributed by atoms with Gasteiger partial charge in [0.1, 0.15) is 0 Å². The number of hydrogen-bond donors (Lipinski definition) is 0. The predicted octanol–water partition coefficient (Wildman–Crippen LogP) is 4.83. The van der Waals surface area contributed by atoms with E-state index in [9.17, 15) is 0 Å². The number of imidazole rings is 1. The average molecular weight is 317 g/mol. The Hall–Kier alpha value is -1.77. The normalized spacial score (nSPS) is 10.8. The van der Waals surface area contributed by atoms with Crippen molar-refractivity contribution in [2.45, 2.75) is 13.0 Å². The molecule has 3 rings (SSSR count). The summed E-state index contributed by atoms with van der Waals surface area (Å²) in [4.78, 5) is 4.45. The second-order valence-electron chi connectivity index (χ2n) is 4.97. The van der Waals surface area contributed by atoms with Crippen molar-refractivity contribution in [1.29, 1.82) is 0 Å². The van der Waals surface area contributed by atoms with Gasteiger partial charge >= 0.3 is 0 Å². The van der Waals surface area contributed by atoms with Crippen LogP contribution in [0.5, 0.6) is 0 Å². The number of halogens is 2. The van der Waals surface area contributed by atoms with Crippen molar-refractivity contribution in [2.24, 2.45) is 0 Å². The molecule has 0 aliphatic rings. The van der Waals surface area contributed by atoms with Crippen LogP contribution in [0.25, 0.3) is 0 Å². The van der Waals surface area contributed by atoms with Crippen LogP contribution < -0.4 is 0 Å². The number of hydrogen-bond acceptors (Lipinski definition) is 1. The molecule has 2 aromatic carbocycles. The fourth-order valence-corrected chi connectivity index (χ4v) is 2.58. The van der Waals surface area contributed by atoms with Crippen LogP contribution in [0, 0.1) is 0 Å². The summed E-state index contributed by atoms with van der Waals surface area (Å²) in [6, 6.07) is 15.7. The number of aromatic nitrogens is 2. The lowest BCUT2D eigenvalue weighted by atomic mass is 10.1. The molecule has 0 spiro atoms. The van der Waals surface area contributed by atoms with E-state index in [2.05, 4.69) is 21.8 Å². The van der Waals surface area contributed by atoms with E-state index >= 15 is 0 Å². The van der Waals surface area contributed by atoms with E-state index in [1.165, 1.54) is 11.1 Å². The standard InChI is InChI=1S/C17H14Cl2N2/c18-15-6-4-13(5-7-15)10-21-11-17(20-12-21)9-14-2-1-3-16(19)8-14/h1-8,11-12H,9-10H2. The highest BCUT2D eigenvalue weighted by Gasteiger charge is 2.02. The van der Waals surface area contributed by atoms with Gasteiger partial charge < -0.3 is 4.57 Å². The molecule has 1 heterocycles. The molecular formula is C17H14Cl2N2. The first-order chi connectivity index (χ1) is 10.2. The summed E-state index contributed by atoms with van der Waals surface area (Å²) in [7, 11) is 0. The lowest BCUT2D eigenvalue weighted by molar-refractivity contribution is 0.796. The average Bonchev–Trinajstić information content (AvgIpc) is 2.89. The summed E-state index contributed by atoms with van der Waals surface area (Å²) in [6.45, 7) is 0.791. The molecule has 0 unspecified atom stereocenters. The lowest BCUT2D eigenvalue weighted by Gasteiger charge is -2.02. The summed E-state index contributed by atoms with van der Waals surface area (Å²) in [6.07, 6.45) is 4.71. The van der Waals surface area contributed by atoms with Crippen molar-refractivity contribution in [1.82, 2.24) is 9.55 Å². The Kier molecular flexibility index (Phi) is 4.28. The molecule has 1 aromatic heterocycles. The summed E-state index contributed by atoms with van der Waals surface area (Å²) in [5, 5.41) is 1.51. The smallest absolute Gasteiger partial charge is 0.0952 e. The van der Waals surface area contributed by atoms with E-state index < -0.39 is 0 Å². The van der Waals surface area contributed by atoms with Gasteiger partial charge in [0.25, 0.3) is 0 Å². The first kappa shape index (κ1) is 14.2. The summed E-state index contributed by atoms with van der Waals surface area (Å²) < 4.78 is 2.07. The number of benzene rings is 2. The van der Waals surface area contributed by atoms with Crippen LogP contribution in [0.2, 0.25) is 10.0 Å². The van der Waals surface area contributed by atoms with Crippen molar-refractivity contribution >= 4 is 23.2 Å². The maximum Gasteiger partial charge on any atom is 0.0952 e. The third kappa shape index (κ3) is 3.87. The van der Waals surface area contributed by atoms with Crippen LogP contribution in [-0.4, -0.2) is 9.55 Å². The van der Waals surface area contributed by atoms with Gasteiger partial charge in [-0.05, 0) is 35.4 Å². The van der Waals surface area contributed by atoms with Gasteiger partial charge in [0.05, 0.1) is 12.0 Å². The molecule has 0 N–H and O–H groups in total. The monoisotopic (exact) mass is 316 g/mol. The van der Waals surface area contributed by atoms with Gasteiger partial charge in [-0.2, -0.15) is 0 Å². The van der Waals surface area contributed by atoms with Gasteiger partial charge in [0.2, 0.25) is 0 Å². The number of rotatable bonds is 4. The minimum absolute atomic E-state index is 0.756. The zero-order chi connectivity index (χ0) is 14.7. The molecule has 0 amide bonds. The molecule has 106 valence electrons. The van der Waals surface area contributed by atoms with Crippen molar-refractivity contribution in [3.05, 3.63) is 87.9 Å². The molecule has 0 atom stereocenters. The Bertz CT molecular complexity index is 733. The molecule has 0 saturated carbocycles. The fourth-order valence-electron chi connectivity index (χ4n) is 2.24. The highest BCUT2D eigenvalue weighted by Crippen LogP contribution is 2.15. The zero-order valence-corrected chi connectivity index (χ0v) is 12.8. The van der Waals surface area contributed by atoms with Crippen LogP contribution in [0.4, 0.5) is 0 Å². The lowest BCUT2D eigenvalue weighted by Crippen LogP contribution is -1.96. The van der Waals surface area contributed by atoms with Crippen LogP contribution >= 0.6 is 23.2 Å². The largest absolute Gasteiger partial charge is 0.333 e. The maximum atomic E-state index is 6.00. The van der Waals surface area contributed by atoms with E-state index in [1.54, 1.807) is 0 Å². The third-order valence-corrected chi connectivity index (χ3v) is 3.73. The van der Waals surface area contributed by atoms with Crippen LogP contribution in [-0.2, 0) is 13.0 Å². The molecule has 2 nitrogen and oxygen atoms in total. The second kappa shape index (κ2) is 6.33. The molecule has 4 heteroatoms. The maximum absolute atomic E-state index is 6.00. The predicted molar refractivity (Wildman–Crippen MR) is 87.0 cm³/mol. The van der Waals surface area contributed by atoms with Gasteiger partial charge in [0.15, 0.2) is 0 Å². The fraction of sp³-hybridized carbons (Fsp3) is 0.118. The molecule has 0 fully saturated rings. The van der Waals surface area contributed by atoms with Gasteiger partial charge in [-0.15, -0.1) is 0 Å².